The quantitative estimate of drug-likeness (QED) is 0.244. The molecule has 2 rings (SSSR count). The predicted octanol–water partition coefficient (Wildman–Crippen LogP) is 4.67. The maximum atomic E-state index is 12.4. The molecule has 0 aromatic heterocycles. The Kier molecular flexibility index (Phi) is 8.34. The van der Waals surface area contributed by atoms with E-state index in [1.54, 1.807) is 24.3 Å². The van der Waals surface area contributed by atoms with Crippen molar-refractivity contribution < 1.29 is 19.2 Å². The van der Waals surface area contributed by atoms with E-state index in [4.69, 9.17) is 21.7 Å². The van der Waals surface area contributed by atoms with Crippen LogP contribution >= 0.6 is 28.1 Å². The highest BCUT2D eigenvalue weighted by Gasteiger charge is 2.17. The molecular formula is C19H20BrN3O5S. The molecule has 0 aliphatic heterocycles. The number of halogens is 1. The van der Waals surface area contributed by atoms with Crippen LogP contribution in [0.3, 0.4) is 0 Å². The molecule has 2 aromatic carbocycles. The van der Waals surface area contributed by atoms with Gasteiger partial charge in [0, 0.05) is 5.56 Å². The largest absolute Gasteiger partial charge is 0.496 e. The maximum absolute atomic E-state index is 12.4. The van der Waals surface area contributed by atoms with Gasteiger partial charge in [-0.15, -0.1) is 0 Å². The van der Waals surface area contributed by atoms with E-state index >= 15 is 0 Å². The Morgan fingerprint density at radius 3 is 2.66 bits per heavy atom. The first-order valence-electron chi connectivity index (χ1n) is 8.72. The summed E-state index contributed by atoms with van der Waals surface area (Å²) in [5.41, 5.74) is 0.271. The SMILES string of the molecule is CCCCOc1ccc(C(=O)NC(=S)Nc2ccc(OC)cc2[N+](=O)[O-])cc1Br. The van der Waals surface area contributed by atoms with Crippen molar-refractivity contribution in [2.75, 3.05) is 19.0 Å². The molecule has 29 heavy (non-hydrogen) atoms. The number of carbonyl (C=O) groups is 1. The first-order chi connectivity index (χ1) is 13.8. The molecule has 0 heterocycles. The summed E-state index contributed by atoms with van der Waals surface area (Å²) in [6.07, 6.45) is 1.96. The van der Waals surface area contributed by atoms with Gasteiger partial charge >= 0.3 is 0 Å². The number of methoxy groups -OCH3 is 1. The molecule has 0 radical (unpaired) electrons. The van der Waals surface area contributed by atoms with Crippen LogP contribution in [0.4, 0.5) is 11.4 Å². The summed E-state index contributed by atoms with van der Waals surface area (Å²) < 4.78 is 11.3. The zero-order valence-electron chi connectivity index (χ0n) is 15.9. The smallest absolute Gasteiger partial charge is 0.296 e. The fourth-order valence-electron chi connectivity index (χ4n) is 2.31. The number of anilines is 1. The number of thiocarbonyl (C=S) groups is 1. The van der Waals surface area contributed by atoms with Crippen molar-refractivity contribution in [2.45, 2.75) is 19.8 Å². The van der Waals surface area contributed by atoms with Crippen LogP contribution in [0.5, 0.6) is 11.5 Å². The Labute approximate surface area is 181 Å². The van der Waals surface area contributed by atoms with Crippen LogP contribution in [0.15, 0.2) is 40.9 Å². The van der Waals surface area contributed by atoms with Crippen LogP contribution in [0.2, 0.25) is 0 Å². The van der Waals surface area contributed by atoms with Crippen molar-refractivity contribution >= 4 is 50.5 Å². The second-order valence-electron chi connectivity index (χ2n) is 5.90. The van der Waals surface area contributed by atoms with Crippen molar-refractivity contribution in [3.8, 4) is 11.5 Å². The highest BCUT2D eigenvalue weighted by atomic mass is 79.9. The highest BCUT2D eigenvalue weighted by Crippen LogP contribution is 2.29. The number of hydrogen-bond donors (Lipinski definition) is 2. The van der Waals surface area contributed by atoms with Crippen LogP contribution < -0.4 is 20.1 Å². The number of benzene rings is 2. The number of unbranched alkanes of at least 4 members (excludes halogenated alkanes) is 1. The summed E-state index contributed by atoms with van der Waals surface area (Å²) in [4.78, 5) is 23.1. The third-order valence-corrected chi connectivity index (χ3v) is 4.65. The molecular weight excluding hydrogens is 462 g/mol. The Morgan fingerprint density at radius 2 is 2.03 bits per heavy atom. The lowest BCUT2D eigenvalue weighted by atomic mass is 10.2. The number of carbonyl (C=O) groups excluding carboxylic acids is 1. The second-order valence-corrected chi connectivity index (χ2v) is 7.16. The third-order valence-electron chi connectivity index (χ3n) is 3.83. The summed E-state index contributed by atoms with van der Waals surface area (Å²) >= 11 is 8.50. The molecule has 0 aliphatic carbocycles. The molecule has 1 amide bonds. The van der Waals surface area contributed by atoms with E-state index in [1.807, 2.05) is 0 Å². The lowest BCUT2D eigenvalue weighted by Gasteiger charge is -2.12. The van der Waals surface area contributed by atoms with E-state index < -0.39 is 10.8 Å². The summed E-state index contributed by atoms with van der Waals surface area (Å²) in [5.74, 6) is 0.521. The van der Waals surface area contributed by atoms with Gasteiger partial charge in [-0.25, -0.2) is 0 Å². The van der Waals surface area contributed by atoms with Crippen molar-refractivity contribution in [1.82, 2.24) is 5.32 Å². The molecule has 0 unspecified atom stereocenters. The third kappa shape index (κ3) is 6.40. The molecule has 0 aliphatic rings. The van der Waals surface area contributed by atoms with Gasteiger partial charge in [-0.1, -0.05) is 13.3 Å². The molecule has 0 atom stereocenters. The number of nitro benzene ring substituents is 1. The normalized spacial score (nSPS) is 10.2. The van der Waals surface area contributed by atoms with Crippen LogP contribution in [0, 0.1) is 10.1 Å². The predicted molar refractivity (Wildman–Crippen MR) is 118 cm³/mol. The first kappa shape index (κ1) is 22.6. The van der Waals surface area contributed by atoms with E-state index in [2.05, 4.69) is 33.5 Å². The molecule has 0 saturated heterocycles. The molecule has 0 saturated carbocycles. The van der Waals surface area contributed by atoms with Crippen LogP contribution in [0.1, 0.15) is 30.1 Å². The van der Waals surface area contributed by atoms with Gasteiger partial charge in [0.05, 0.1) is 29.2 Å². The zero-order valence-corrected chi connectivity index (χ0v) is 18.3. The Bertz CT molecular complexity index is 923. The molecule has 8 nitrogen and oxygen atoms in total. The average Bonchev–Trinajstić information content (AvgIpc) is 2.69. The summed E-state index contributed by atoms with van der Waals surface area (Å²) in [5, 5.41) is 16.3. The molecule has 0 bridgehead atoms. The maximum Gasteiger partial charge on any atom is 0.296 e. The summed E-state index contributed by atoms with van der Waals surface area (Å²) in [7, 11) is 1.41. The van der Waals surface area contributed by atoms with E-state index in [0.717, 1.165) is 12.8 Å². The lowest BCUT2D eigenvalue weighted by molar-refractivity contribution is -0.384. The average molecular weight is 482 g/mol. The van der Waals surface area contributed by atoms with Crippen molar-refractivity contribution in [1.29, 1.82) is 0 Å². The molecule has 0 spiro atoms. The molecule has 0 fully saturated rings. The standard InChI is InChI=1S/C19H20BrN3O5S/c1-3-4-9-28-17-8-5-12(10-14(17)20)18(24)22-19(29)21-15-7-6-13(27-2)11-16(15)23(25)26/h5-8,10-11H,3-4,9H2,1-2H3,(H2,21,22,24,29). The number of ether oxygens (including phenoxy) is 2. The van der Waals surface area contributed by atoms with Crippen molar-refractivity contribution in [3.63, 3.8) is 0 Å². The van der Waals surface area contributed by atoms with Crippen molar-refractivity contribution in [3.05, 3.63) is 56.5 Å². The summed E-state index contributed by atoms with van der Waals surface area (Å²) in [6, 6.07) is 9.19. The molecule has 154 valence electrons. The van der Waals surface area contributed by atoms with E-state index in [-0.39, 0.29) is 16.5 Å². The van der Waals surface area contributed by atoms with E-state index in [0.29, 0.717) is 28.1 Å². The minimum atomic E-state index is -0.566. The lowest BCUT2D eigenvalue weighted by Crippen LogP contribution is -2.34. The number of nitrogens with zero attached hydrogens (tertiary/aromatic N) is 1. The number of hydrogen-bond acceptors (Lipinski definition) is 6. The Balaban J connectivity index is 2.05. The topological polar surface area (TPSA) is 103 Å². The molecule has 2 N–H and O–H groups in total. The molecule has 10 heteroatoms. The Hall–Kier alpha value is -2.72. The van der Waals surface area contributed by atoms with E-state index in [9.17, 15) is 14.9 Å². The number of nitro groups is 1. The highest BCUT2D eigenvalue weighted by molar-refractivity contribution is 9.10. The molecule has 2 aromatic rings. The van der Waals surface area contributed by atoms with Gasteiger partial charge < -0.3 is 14.8 Å². The number of amides is 1. The fourth-order valence-corrected chi connectivity index (χ4v) is 3.01. The summed E-state index contributed by atoms with van der Waals surface area (Å²) in [6.45, 7) is 2.67. The van der Waals surface area contributed by atoms with Gasteiger partial charge in [-0.3, -0.25) is 20.2 Å². The van der Waals surface area contributed by atoms with Gasteiger partial charge in [0.25, 0.3) is 11.6 Å². The van der Waals surface area contributed by atoms with Gasteiger partial charge in [-0.05, 0) is 64.9 Å². The van der Waals surface area contributed by atoms with Crippen molar-refractivity contribution in [2.24, 2.45) is 0 Å². The monoisotopic (exact) mass is 481 g/mol. The fraction of sp³-hybridized carbons (Fsp3) is 0.263. The Morgan fingerprint density at radius 1 is 1.28 bits per heavy atom. The first-order valence-corrected chi connectivity index (χ1v) is 9.93. The minimum Gasteiger partial charge on any atom is -0.496 e. The van der Waals surface area contributed by atoms with Crippen LogP contribution in [-0.2, 0) is 0 Å². The van der Waals surface area contributed by atoms with Crippen LogP contribution in [0.25, 0.3) is 0 Å². The number of nitrogens with one attached hydrogen (secondary N) is 2. The van der Waals surface area contributed by atoms with Gasteiger partial charge in [0.15, 0.2) is 5.11 Å². The van der Waals surface area contributed by atoms with Crippen LogP contribution in [-0.4, -0.2) is 29.7 Å². The zero-order chi connectivity index (χ0) is 21.4. The van der Waals surface area contributed by atoms with Gasteiger partial charge in [0.2, 0.25) is 0 Å². The van der Waals surface area contributed by atoms with Gasteiger partial charge in [-0.2, -0.15) is 0 Å². The minimum absolute atomic E-state index is 0.0670. The number of rotatable bonds is 8. The second kappa shape index (κ2) is 10.7. The van der Waals surface area contributed by atoms with E-state index in [1.165, 1.54) is 19.2 Å². The van der Waals surface area contributed by atoms with Gasteiger partial charge in [0.1, 0.15) is 17.2 Å².